The molecule has 0 amide bonds. The van der Waals surface area contributed by atoms with Crippen molar-refractivity contribution < 1.29 is 42.5 Å². The molecule has 0 heterocycles. The number of Topliss-reactive ketones (excluding diaryl/α,β-unsaturated/α-hetero) is 1. The largest absolute Gasteiger partial charge is 0.458 e. The second-order valence-corrected chi connectivity index (χ2v) is 10.9. The maximum Gasteiger partial charge on any atom is 0.310 e. The van der Waals surface area contributed by atoms with Crippen molar-refractivity contribution in [1.29, 1.82) is 0 Å². The van der Waals surface area contributed by atoms with Crippen LogP contribution in [-0.2, 0) is 28.7 Å². The highest BCUT2D eigenvalue weighted by atomic mass is 19.1. The van der Waals surface area contributed by atoms with E-state index in [2.05, 4.69) is 6.58 Å². The summed E-state index contributed by atoms with van der Waals surface area (Å²) in [5, 5.41) is 11.4. The van der Waals surface area contributed by atoms with Crippen molar-refractivity contribution in [3.8, 4) is 0 Å². The Labute approximate surface area is 208 Å². The van der Waals surface area contributed by atoms with Crippen LogP contribution in [0.5, 0.6) is 0 Å². The number of hydrogen-bond donors (Lipinski definition) is 1. The van der Waals surface area contributed by atoms with Crippen LogP contribution in [0, 0.1) is 22.7 Å². The van der Waals surface area contributed by atoms with Crippen LogP contribution in [0.4, 0.5) is 8.78 Å². The number of aliphatic hydroxyl groups is 1. The number of halogens is 2. The van der Waals surface area contributed by atoms with Crippen molar-refractivity contribution in [3.63, 3.8) is 0 Å². The summed E-state index contributed by atoms with van der Waals surface area (Å²) in [6, 6.07) is 0. The monoisotopic (exact) mass is 506 g/mol. The standard InChI is InChI=1S/C27H32F2O7/c1-5-6-23(34)36-26(22(33)14-35-15(2)30)10-8-17-18-12-20(28)19-11-16(31)7-9-24(19,3)27(18,29)21(32)13-25(17,26)4/h5,7,9,11,17-18,20-21,32H,1,6,8,10,12-14H2,2-4H3/t17-,18-,20-,21-,24-,25-,26-,27-/m0/s1. The number of rotatable bonds is 6. The van der Waals surface area contributed by atoms with E-state index >= 15 is 8.78 Å². The highest BCUT2D eigenvalue weighted by Gasteiger charge is 2.76. The van der Waals surface area contributed by atoms with Gasteiger partial charge in [0.25, 0.3) is 0 Å². The minimum atomic E-state index is -2.32. The van der Waals surface area contributed by atoms with Crippen molar-refractivity contribution in [2.24, 2.45) is 22.7 Å². The van der Waals surface area contributed by atoms with Gasteiger partial charge >= 0.3 is 11.9 Å². The van der Waals surface area contributed by atoms with Crippen molar-refractivity contribution in [2.45, 2.75) is 76.4 Å². The van der Waals surface area contributed by atoms with Gasteiger partial charge in [-0.25, -0.2) is 8.78 Å². The van der Waals surface area contributed by atoms with Crippen LogP contribution in [0.25, 0.3) is 0 Å². The Morgan fingerprint density at radius 2 is 1.97 bits per heavy atom. The average Bonchev–Trinajstić information content (AvgIpc) is 3.08. The van der Waals surface area contributed by atoms with Crippen molar-refractivity contribution in [2.75, 3.05) is 6.61 Å². The third-order valence-electron chi connectivity index (χ3n) is 9.20. The summed E-state index contributed by atoms with van der Waals surface area (Å²) in [5.41, 5.74) is -6.92. The molecule has 36 heavy (non-hydrogen) atoms. The first kappa shape index (κ1) is 26.4. The molecule has 4 aliphatic rings. The first-order valence-corrected chi connectivity index (χ1v) is 12.2. The van der Waals surface area contributed by atoms with E-state index in [0.29, 0.717) is 0 Å². The molecular formula is C27H32F2O7. The Kier molecular flexibility index (Phi) is 6.39. The number of allylic oxidation sites excluding steroid dienone is 4. The summed E-state index contributed by atoms with van der Waals surface area (Å²) < 4.78 is 43.5. The zero-order valence-corrected chi connectivity index (χ0v) is 20.7. The molecule has 3 saturated carbocycles. The van der Waals surface area contributed by atoms with E-state index in [4.69, 9.17) is 9.47 Å². The van der Waals surface area contributed by atoms with Gasteiger partial charge in [-0.15, -0.1) is 6.58 Å². The number of esters is 2. The van der Waals surface area contributed by atoms with E-state index < -0.39 is 76.3 Å². The molecule has 4 rings (SSSR count). The quantitative estimate of drug-likeness (QED) is 0.435. The Bertz CT molecular complexity index is 1080. The Hall–Kier alpha value is -2.68. The highest BCUT2D eigenvalue weighted by molar-refractivity contribution is 6.01. The third kappa shape index (κ3) is 3.45. The molecule has 1 N–H and O–H groups in total. The van der Waals surface area contributed by atoms with Gasteiger partial charge in [-0.2, -0.15) is 0 Å². The number of carbonyl (C=O) groups excluding carboxylic acids is 4. The molecule has 0 radical (unpaired) electrons. The topological polar surface area (TPSA) is 107 Å². The third-order valence-corrected chi connectivity index (χ3v) is 9.20. The summed E-state index contributed by atoms with van der Waals surface area (Å²) in [4.78, 5) is 49.5. The lowest BCUT2D eigenvalue weighted by molar-refractivity contribution is -0.229. The lowest BCUT2D eigenvalue weighted by Gasteiger charge is -2.63. The van der Waals surface area contributed by atoms with Gasteiger partial charge in [-0.05, 0) is 56.3 Å². The van der Waals surface area contributed by atoms with E-state index in [9.17, 15) is 24.3 Å². The van der Waals surface area contributed by atoms with Crippen molar-refractivity contribution >= 4 is 23.5 Å². The normalized spacial score (nSPS) is 42.9. The lowest BCUT2D eigenvalue weighted by Crippen LogP contribution is -2.70. The van der Waals surface area contributed by atoms with Crippen LogP contribution < -0.4 is 0 Å². The number of carbonyl (C=O) groups is 4. The molecule has 0 aromatic heterocycles. The van der Waals surface area contributed by atoms with Gasteiger partial charge in [0.1, 0.15) is 6.17 Å². The molecule has 0 aliphatic heterocycles. The number of aliphatic hydroxyl groups excluding tert-OH is 1. The number of fused-ring (bicyclic) bond motifs is 5. The maximum absolute atomic E-state index is 17.2. The van der Waals surface area contributed by atoms with Gasteiger partial charge in [0.05, 0.1) is 12.5 Å². The summed E-state index contributed by atoms with van der Waals surface area (Å²) >= 11 is 0. The van der Waals surface area contributed by atoms with E-state index in [0.717, 1.165) is 13.0 Å². The van der Waals surface area contributed by atoms with Gasteiger partial charge < -0.3 is 14.6 Å². The number of ether oxygens (including phenoxy) is 2. The molecule has 3 fully saturated rings. The van der Waals surface area contributed by atoms with Crippen LogP contribution in [0.2, 0.25) is 0 Å². The number of ketones is 2. The lowest BCUT2D eigenvalue weighted by atomic mass is 9.44. The Morgan fingerprint density at radius 1 is 1.28 bits per heavy atom. The molecule has 7 nitrogen and oxygen atoms in total. The fraction of sp³-hybridized carbons (Fsp3) is 0.630. The first-order chi connectivity index (χ1) is 16.8. The summed E-state index contributed by atoms with van der Waals surface area (Å²) in [7, 11) is 0. The molecule has 8 atom stereocenters. The molecule has 196 valence electrons. The van der Waals surface area contributed by atoms with Crippen LogP contribution in [0.3, 0.4) is 0 Å². The molecule has 0 spiro atoms. The fourth-order valence-corrected chi connectivity index (χ4v) is 7.51. The molecule has 0 unspecified atom stereocenters. The second kappa shape index (κ2) is 8.71. The highest BCUT2D eigenvalue weighted by Crippen LogP contribution is 2.70. The smallest absolute Gasteiger partial charge is 0.310 e. The van der Waals surface area contributed by atoms with Crippen LogP contribution in [-0.4, -0.2) is 58.8 Å². The van der Waals surface area contributed by atoms with E-state index in [1.165, 1.54) is 25.2 Å². The van der Waals surface area contributed by atoms with Crippen LogP contribution in [0.15, 0.2) is 36.5 Å². The van der Waals surface area contributed by atoms with Crippen LogP contribution >= 0.6 is 0 Å². The summed E-state index contributed by atoms with van der Waals surface area (Å²) in [5.74, 6) is -4.18. The predicted octanol–water partition coefficient (Wildman–Crippen LogP) is 3.30. The van der Waals surface area contributed by atoms with Gasteiger partial charge in [0.2, 0.25) is 5.78 Å². The first-order valence-electron chi connectivity index (χ1n) is 12.2. The molecule has 0 bridgehead atoms. The van der Waals surface area contributed by atoms with E-state index in [1.807, 2.05) is 0 Å². The predicted molar refractivity (Wildman–Crippen MR) is 124 cm³/mol. The molecule has 4 aliphatic carbocycles. The zero-order chi connectivity index (χ0) is 26.7. The van der Waals surface area contributed by atoms with Gasteiger partial charge in [-0.1, -0.05) is 19.1 Å². The average molecular weight is 507 g/mol. The fourth-order valence-electron chi connectivity index (χ4n) is 7.51. The van der Waals surface area contributed by atoms with E-state index in [-0.39, 0.29) is 37.7 Å². The van der Waals surface area contributed by atoms with Crippen molar-refractivity contribution in [3.05, 3.63) is 36.5 Å². The molecule has 9 heteroatoms. The minimum absolute atomic E-state index is 0.00371. The van der Waals surface area contributed by atoms with Crippen molar-refractivity contribution in [1.82, 2.24) is 0 Å². The van der Waals surface area contributed by atoms with Gasteiger partial charge in [0.15, 0.2) is 23.7 Å². The minimum Gasteiger partial charge on any atom is -0.458 e. The van der Waals surface area contributed by atoms with Gasteiger partial charge in [-0.3, -0.25) is 19.2 Å². The second-order valence-electron chi connectivity index (χ2n) is 10.9. The van der Waals surface area contributed by atoms with Crippen LogP contribution in [0.1, 0.15) is 52.9 Å². The molecule has 0 saturated heterocycles. The summed E-state index contributed by atoms with van der Waals surface area (Å²) in [6.07, 6.45) is 1.22. The van der Waals surface area contributed by atoms with E-state index in [1.54, 1.807) is 6.92 Å². The number of hydrogen-bond acceptors (Lipinski definition) is 7. The Morgan fingerprint density at radius 3 is 2.61 bits per heavy atom. The molecule has 0 aromatic carbocycles. The molecule has 0 aromatic rings. The molecular weight excluding hydrogens is 474 g/mol. The van der Waals surface area contributed by atoms with Gasteiger partial charge in [0, 0.05) is 23.7 Å². The SMILES string of the molecule is C=CCC(=O)O[C@]1(C(=O)COC(C)=O)CC[C@H]2[C@@H]3C[C@H](F)C4=CC(=O)C=C[C@]4(C)[C@@]3(F)[C@@H](O)C[C@@]21C. The Balaban J connectivity index is 1.80. The summed E-state index contributed by atoms with van der Waals surface area (Å²) in [6.45, 7) is 7.15. The maximum atomic E-state index is 17.2. The zero-order valence-electron chi connectivity index (χ0n) is 20.7. The number of alkyl halides is 2.